The molecule has 0 amide bonds. The summed E-state index contributed by atoms with van der Waals surface area (Å²) < 4.78 is 30.5. The zero-order chi connectivity index (χ0) is 14.3. The number of nitrogens with zero attached hydrogens (tertiary/aromatic N) is 1. The summed E-state index contributed by atoms with van der Waals surface area (Å²) in [6, 6.07) is -0.0284. The maximum Gasteiger partial charge on any atom is 0.306 e. The van der Waals surface area contributed by atoms with E-state index in [2.05, 4.69) is 0 Å². The minimum atomic E-state index is -3.51. The molecule has 19 heavy (non-hydrogen) atoms. The molecule has 0 unspecified atom stereocenters. The molecule has 0 aromatic rings. The van der Waals surface area contributed by atoms with E-state index in [1.165, 1.54) is 4.31 Å². The van der Waals surface area contributed by atoms with Crippen molar-refractivity contribution in [3.05, 3.63) is 0 Å². The molecule has 0 bridgehead atoms. The van der Waals surface area contributed by atoms with Gasteiger partial charge < -0.3 is 9.84 Å². The Morgan fingerprint density at radius 3 is 2.53 bits per heavy atom. The molecule has 0 aliphatic heterocycles. The first-order valence-electron chi connectivity index (χ1n) is 6.77. The van der Waals surface area contributed by atoms with Crippen molar-refractivity contribution < 1.29 is 23.1 Å². The van der Waals surface area contributed by atoms with Crippen molar-refractivity contribution in [3.63, 3.8) is 0 Å². The molecule has 6 nitrogen and oxygen atoms in total. The van der Waals surface area contributed by atoms with E-state index in [4.69, 9.17) is 9.84 Å². The standard InChI is InChI=1S/C12H23NO5S/c1-2-18-12(15)7-10-19(16,17)13(8-9-14)11-5-3-4-6-11/h11,14H,2-10H2,1H3. The van der Waals surface area contributed by atoms with Gasteiger partial charge in [-0.05, 0) is 19.8 Å². The topological polar surface area (TPSA) is 83.9 Å². The SMILES string of the molecule is CCOC(=O)CCS(=O)(=O)N(CCO)C1CCCC1. The predicted octanol–water partition coefficient (Wildman–Crippen LogP) is 0.506. The Labute approximate surface area is 114 Å². The number of sulfonamides is 1. The Morgan fingerprint density at radius 1 is 1.37 bits per heavy atom. The molecule has 1 fully saturated rings. The summed E-state index contributed by atoms with van der Waals surface area (Å²) in [5.41, 5.74) is 0. The lowest BCUT2D eigenvalue weighted by Gasteiger charge is -2.27. The number of aliphatic hydroxyl groups is 1. The second kappa shape index (κ2) is 7.81. The summed E-state index contributed by atoms with van der Waals surface area (Å²) in [7, 11) is -3.51. The zero-order valence-corrected chi connectivity index (χ0v) is 12.2. The fourth-order valence-corrected chi connectivity index (χ4v) is 4.09. The number of rotatable bonds is 8. The highest BCUT2D eigenvalue weighted by Gasteiger charge is 2.31. The van der Waals surface area contributed by atoms with Crippen LogP contribution in [-0.4, -0.2) is 55.4 Å². The van der Waals surface area contributed by atoms with Crippen LogP contribution in [0.15, 0.2) is 0 Å². The average molecular weight is 293 g/mol. The third kappa shape index (κ3) is 5.08. The molecule has 0 heterocycles. The normalized spacial score (nSPS) is 17.0. The van der Waals surface area contributed by atoms with Gasteiger partial charge in [-0.15, -0.1) is 0 Å². The molecular formula is C12H23NO5S. The van der Waals surface area contributed by atoms with Crippen LogP contribution < -0.4 is 0 Å². The van der Waals surface area contributed by atoms with E-state index in [0.717, 1.165) is 25.7 Å². The van der Waals surface area contributed by atoms with E-state index in [9.17, 15) is 13.2 Å². The third-order valence-corrected chi connectivity index (χ3v) is 5.19. The van der Waals surface area contributed by atoms with E-state index in [-0.39, 0.29) is 38.0 Å². The molecular weight excluding hydrogens is 270 g/mol. The predicted molar refractivity (Wildman–Crippen MR) is 71.1 cm³/mol. The summed E-state index contributed by atoms with van der Waals surface area (Å²) in [5, 5.41) is 9.02. The van der Waals surface area contributed by atoms with Gasteiger partial charge in [0.1, 0.15) is 0 Å². The quantitative estimate of drug-likeness (QED) is 0.659. The van der Waals surface area contributed by atoms with Gasteiger partial charge >= 0.3 is 5.97 Å². The highest BCUT2D eigenvalue weighted by atomic mass is 32.2. The number of hydrogen-bond acceptors (Lipinski definition) is 5. The second-order valence-corrected chi connectivity index (χ2v) is 6.68. The van der Waals surface area contributed by atoms with Gasteiger partial charge in [-0.25, -0.2) is 8.42 Å². The van der Waals surface area contributed by atoms with Gasteiger partial charge in [0, 0.05) is 12.6 Å². The van der Waals surface area contributed by atoms with Crippen molar-refractivity contribution in [2.45, 2.75) is 45.1 Å². The largest absolute Gasteiger partial charge is 0.466 e. The smallest absolute Gasteiger partial charge is 0.306 e. The van der Waals surface area contributed by atoms with Crippen LogP contribution in [0.2, 0.25) is 0 Å². The number of esters is 1. The van der Waals surface area contributed by atoms with Crippen LogP contribution in [0.4, 0.5) is 0 Å². The monoisotopic (exact) mass is 293 g/mol. The van der Waals surface area contributed by atoms with Gasteiger partial charge in [-0.2, -0.15) is 4.31 Å². The van der Waals surface area contributed by atoms with Gasteiger partial charge in [0.15, 0.2) is 0 Å². The first kappa shape index (κ1) is 16.4. The van der Waals surface area contributed by atoms with Crippen molar-refractivity contribution in [2.24, 2.45) is 0 Å². The lowest BCUT2D eigenvalue weighted by atomic mass is 10.2. The molecule has 112 valence electrons. The fraction of sp³-hybridized carbons (Fsp3) is 0.917. The molecule has 1 saturated carbocycles. The Hall–Kier alpha value is -0.660. The molecule has 0 aromatic heterocycles. The van der Waals surface area contributed by atoms with E-state index in [1.807, 2.05) is 0 Å². The van der Waals surface area contributed by atoms with Gasteiger partial charge in [-0.1, -0.05) is 12.8 Å². The Morgan fingerprint density at radius 2 is 2.00 bits per heavy atom. The molecule has 1 aliphatic carbocycles. The maximum atomic E-state index is 12.2. The summed E-state index contributed by atoms with van der Waals surface area (Å²) in [6.07, 6.45) is 3.56. The van der Waals surface area contributed by atoms with Crippen molar-refractivity contribution in [1.29, 1.82) is 0 Å². The summed E-state index contributed by atoms with van der Waals surface area (Å²) in [4.78, 5) is 11.2. The number of aliphatic hydroxyl groups excluding tert-OH is 1. The highest BCUT2D eigenvalue weighted by molar-refractivity contribution is 7.89. The number of hydrogen-bond donors (Lipinski definition) is 1. The molecule has 0 aromatic carbocycles. The third-order valence-electron chi connectivity index (χ3n) is 3.28. The van der Waals surface area contributed by atoms with Crippen LogP contribution >= 0.6 is 0 Å². The number of carbonyl (C=O) groups is 1. The lowest BCUT2D eigenvalue weighted by Crippen LogP contribution is -2.42. The van der Waals surface area contributed by atoms with Crippen LogP contribution in [0.3, 0.4) is 0 Å². The highest BCUT2D eigenvalue weighted by Crippen LogP contribution is 2.25. The zero-order valence-electron chi connectivity index (χ0n) is 11.4. The van der Waals surface area contributed by atoms with Crippen molar-refractivity contribution in [3.8, 4) is 0 Å². The first-order valence-corrected chi connectivity index (χ1v) is 8.38. The van der Waals surface area contributed by atoms with Gasteiger partial charge in [0.05, 0.1) is 25.4 Å². The second-order valence-electron chi connectivity index (χ2n) is 4.64. The van der Waals surface area contributed by atoms with Crippen LogP contribution in [-0.2, 0) is 19.6 Å². The lowest BCUT2D eigenvalue weighted by molar-refractivity contribution is -0.142. The van der Waals surface area contributed by atoms with Gasteiger partial charge in [0.25, 0.3) is 0 Å². The molecule has 1 rings (SSSR count). The maximum absolute atomic E-state index is 12.2. The molecule has 0 atom stereocenters. The van der Waals surface area contributed by atoms with Gasteiger partial charge in [0.2, 0.25) is 10.0 Å². The van der Waals surface area contributed by atoms with Crippen LogP contribution in [0.25, 0.3) is 0 Å². The molecule has 1 aliphatic rings. The summed E-state index contributed by atoms with van der Waals surface area (Å²) in [5.74, 6) is -0.746. The van der Waals surface area contributed by atoms with E-state index >= 15 is 0 Å². The van der Waals surface area contributed by atoms with E-state index in [1.54, 1.807) is 6.92 Å². The summed E-state index contributed by atoms with van der Waals surface area (Å²) >= 11 is 0. The molecule has 7 heteroatoms. The van der Waals surface area contributed by atoms with Gasteiger partial charge in [-0.3, -0.25) is 4.79 Å². The average Bonchev–Trinajstić information content (AvgIpc) is 2.87. The number of ether oxygens (including phenoxy) is 1. The van der Waals surface area contributed by atoms with Crippen LogP contribution in [0, 0.1) is 0 Å². The fourth-order valence-electron chi connectivity index (χ4n) is 2.40. The van der Waals surface area contributed by atoms with E-state index < -0.39 is 16.0 Å². The summed E-state index contributed by atoms with van der Waals surface area (Å²) in [6.45, 7) is 1.84. The van der Waals surface area contributed by atoms with Crippen LogP contribution in [0.1, 0.15) is 39.0 Å². The Bertz CT molecular complexity index is 376. The Balaban J connectivity index is 2.62. The minimum absolute atomic E-state index is 0.0284. The number of carbonyl (C=O) groups excluding carboxylic acids is 1. The molecule has 0 spiro atoms. The molecule has 1 N–H and O–H groups in total. The van der Waals surface area contributed by atoms with Crippen molar-refractivity contribution >= 4 is 16.0 Å². The van der Waals surface area contributed by atoms with E-state index in [0.29, 0.717) is 0 Å². The van der Waals surface area contributed by atoms with Crippen molar-refractivity contribution in [1.82, 2.24) is 4.31 Å². The molecule has 0 saturated heterocycles. The first-order chi connectivity index (χ1) is 9.01. The Kier molecular flexibility index (Phi) is 6.74. The minimum Gasteiger partial charge on any atom is -0.466 e. The molecule has 0 radical (unpaired) electrons. The van der Waals surface area contributed by atoms with Crippen LogP contribution in [0.5, 0.6) is 0 Å². The van der Waals surface area contributed by atoms with Crippen molar-refractivity contribution in [2.75, 3.05) is 25.5 Å².